The second-order valence-corrected chi connectivity index (χ2v) is 13.6. The number of aromatic amines is 1. The first-order valence-corrected chi connectivity index (χ1v) is 16.0. The Labute approximate surface area is 226 Å². The number of anilines is 1. The van der Waals surface area contributed by atoms with Gasteiger partial charge < -0.3 is 29.0 Å². The minimum atomic E-state index is -4.94. The molecule has 2 aromatic rings. The summed E-state index contributed by atoms with van der Waals surface area (Å²) in [5, 5.41) is 21.9. The summed E-state index contributed by atoms with van der Waals surface area (Å²) in [6, 6.07) is 1.77. The number of nitrogens with zero attached hydrogens (tertiary/aromatic N) is 4. The van der Waals surface area contributed by atoms with Crippen molar-refractivity contribution in [1.29, 1.82) is 5.26 Å². The summed E-state index contributed by atoms with van der Waals surface area (Å²) in [5.74, 6) is -2.65. The minimum absolute atomic E-state index is 0.122. The van der Waals surface area contributed by atoms with Crippen molar-refractivity contribution in [1.82, 2.24) is 19.5 Å². The van der Waals surface area contributed by atoms with Crippen molar-refractivity contribution in [3.05, 3.63) is 16.7 Å². The molecule has 0 aliphatic carbocycles. The fraction of sp³-hybridized carbons (Fsp3) is 0.611. The third-order valence-electron chi connectivity index (χ3n) is 5.21. The molecule has 6 atom stereocenters. The number of ether oxygens (including phenoxy) is 1. The zero-order valence-electron chi connectivity index (χ0n) is 20.9. The monoisotopic (exact) mass is 627 g/mol. The van der Waals surface area contributed by atoms with Gasteiger partial charge in [0.1, 0.15) is 18.8 Å². The number of carbonyl (C=O) groups excluding carboxylic acids is 1. The van der Waals surface area contributed by atoms with Crippen LogP contribution in [0.5, 0.6) is 0 Å². The molecule has 40 heavy (non-hydrogen) atoms. The molecule has 22 heteroatoms. The first-order chi connectivity index (χ1) is 18.6. The Kier molecular flexibility index (Phi) is 10.4. The molecule has 1 saturated heterocycles. The lowest BCUT2D eigenvalue weighted by molar-refractivity contribution is -0.118. The smallest absolute Gasteiger partial charge is 0.387 e. The quantitative estimate of drug-likeness (QED) is 0.128. The van der Waals surface area contributed by atoms with Gasteiger partial charge in [-0.2, -0.15) is 10.2 Å². The Morgan fingerprint density at radius 3 is 2.70 bits per heavy atom. The highest BCUT2D eigenvalue weighted by molar-refractivity contribution is 7.70. The number of H-pyrrole nitrogens is 1. The molecule has 0 bridgehead atoms. The average molecular weight is 627 g/mol. The van der Waals surface area contributed by atoms with Gasteiger partial charge in [-0.3, -0.25) is 33.6 Å². The SMILES string of the molecule is CC(C)C(=O)Nc1nc2c(ncn2C2OC(COP(=O)(O)CP(=O)(O)O)C(O)C2O[P+](=O)OCCC#N)c(=O)[nH]1. The summed E-state index contributed by atoms with van der Waals surface area (Å²) in [7, 11) is -12.7. The number of nitrogens with one attached hydrogen (secondary N) is 2. The van der Waals surface area contributed by atoms with E-state index in [2.05, 4.69) is 20.3 Å². The number of nitriles is 1. The average Bonchev–Trinajstić information content (AvgIpc) is 3.38. The van der Waals surface area contributed by atoms with Gasteiger partial charge in [0.15, 0.2) is 29.4 Å². The van der Waals surface area contributed by atoms with Gasteiger partial charge in [0.25, 0.3) is 5.56 Å². The normalized spacial score (nSPS) is 23.2. The van der Waals surface area contributed by atoms with E-state index in [9.17, 15) is 33.3 Å². The number of imidazole rings is 1. The summed E-state index contributed by atoms with van der Waals surface area (Å²) in [4.78, 5) is 62.9. The van der Waals surface area contributed by atoms with Crippen molar-refractivity contribution in [2.24, 2.45) is 5.92 Å². The molecule has 0 aromatic carbocycles. The molecule has 1 aliphatic heterocycles. The highest BCUT2D eigenvalue weighted by Gasteiger charge is 2.52. The van der Waals surface area contributed by atoms with Crippen molar-refractivity contribution < 1.29 is 56.6 Å². The van der Waals surface area contributed by atoms with E-state index < -0.39 is 77.9 Å². The van der Waals surface area contributed by atoms with E-state index >= 15 is 0 Å². The standard InChI is InChI=1S/C18H25N6O13P3/c1-9(2)15(26)22-18-21-14-11(16(27)23-18)20-7-24(14)17-13(37-38(28)34-5-3-4-19)12(25)10(36-17)6-35-40(32,33)8-39(29,30)31/h7,9-10,12-13,17,25H,3,5-6,8H2,1-2H3,(H4-,21,22,23,26,27,29,30,31,32,33)/p+1. The van der Waals surface area contributed by atoms with E-state index in [0.717, 1.165) is 10.9 Å². The van der Waals surface area contributed by atoms with Crippen LogP contribution in [0.1, 0.15) is 26.5 Å². The van der Waals surface area contributed by atoms with Crippen LogP contribution in [0.15, 0.2) is 11.1 Å². The number of fused-ring (bicyclic) bond motifs is 1. The number of aliphatic hydroxyl groups excluding tert-OH is 1. The van der Waals surface area contributed by atoms with E-state index in [-0.39, 0.29) is 30.1 Å². The summed E-state index contributed by atoms with van der Waals surface area (Å²) >= 11 is 0. The lowest BCUT2D eigenvalue weighted by Crippen LogP contribution is -2.34. The zero-order chi connectivity index (χ0) is 29.8. The second kappa shape index (κ2) is 13.0. The third-order valence-corrected chi connectivity index (χ3v) is 9.47. The number of carbonyl (C=O) groups is 1. The predicted molar refractivity (Wildman–Crippen MR) is 133 cm³/mol. The second-order valence-electron chi connectivity index (χ2n) is 8.71. The zero-order valence-corrected chi connectivity index (χ0v) is 23.6. The number of hydrogen-bond donors (Lipinski definition) is 6. The maximum absolute atomic E-state index is 12.6. The van der Waals surface area contributed by atoms with Gasteiger partial charge >= 0.3 is 23.4 Å². The molecule has 6 unspecified atom stereocenters. The van der Waals surface area contributed by atoms with Crippen LogP contribution >= 0.6 is 23.4 Å². The van der Waals surface area contributed by atoms with Crippen molar-refractivity contribution in [3.8, 4) is 6.07 Å². The Morgan fingerprint density at radius 1 is 1.38 bits per heavy atom. The van der Waals surface area contributed by atoms with Gasteiger partial charge in [-0.25, -0.2) is 4.98 Å². The number of amides is 1. The van der Waals surface area contributed by atoms with E-state index in [1.807, 2.05) is 0 Å². The van der Waals surface area contributed by atoms with Gasteiger partial charge in [0.05, 0.1) is 25.4 Å². The molecule has 3 rings (SSSR count). The highest BCUT2D eigenvalue weighted by Crippen LogP contribution is 2.55. The first-order valence-electron chi connectivity index (χ1n) is 11.4. The number of aliphatic hydroxyl groups is 1. The Bertz CT molecular complexity index is 1450. The molecule has 3 heterocycles. The number of hydrogen-bond acceptors (Lipinski definition) is 13. The fourth-order valence-corrected chi connectivity index (χ4v) is 6.68. The molecule has 0 spiro atoms. The van der Waals surface area contributed by atoms with Crippen molar-refractivity contribution in [2.75, 3.05) is 24.4 Å². The molecular formula is C18H26N6O13P3+. The fourth-order valence-electron chi connectivity index (χ4n) is 3.39. The van der Waals surface area contributed by atoms with Gasteiger partial charge in [-0.15, -0.1) is 9.05 Å². The van der Waals surface area contributed by atoms with Crippen LogP contribution in [-0.2, 0) is 36.8 Å². The first kappa shape index (κ1) is 32.1. The van der Waals surface area contributed by atoms with Gasteiger partial charge in [-0.1, -0.05) is 13.8 Å². The molecule has 0 saturated carbocycles. The molecule has 1 aliphatic rings. The molecule has 19 nitrogen and oxygen atoms in total. The van der Waals surface area contributed by atoms with Gasteiger partial charge in [-0.05, 0) is 0 Å². The Balaban J connectivity index is 1.94. The minimum Gasteiger partial charge on any atom is -0.387 e. The molecule has 2 aromatic heterocycles. The topological polar surface area (TPSA) is 286 Å². The summed E-state index contributed by atoms with van der Waals surface area (Å²) in [6.45, 7) is 2.08. The van der Waals surface area contributed by atoms with Gasteiger partial charge in [0.2, 0.25) is 11.9 Å². The van der Waals surface area contributed by atoms with E-state index in [0.29, 0.717) is 0 Å². The molecule has 1 fully saturated rings. The Morgan fingerprint density at radius 2 is 2.08 bits per heavy atom. The van der Waals surface area contributed by atoms with E-state index in [1.54, 1.807) is 19.9 Å². The van der Waals surface area contributed by atoms with Gasteiger partial charge in [0, 0.05) is 10.5 Å². The molecular weight excluding hydrogens is 601 g/mol. The molecule has 1 amide bonds. The molecule has 6 N–H and O–H groups in total. The summed E-state index contributed by atoms with van der Waals surface area (Å²) in [5.41, 5.74) is -1.12. The largest absolute Gasteiger partial charge is 0.697 e. The van der Waals surface area contributed by atoms with Crippen molar-refractivity contribution in [3.63, 3.8) is 0 Å². The third kappa shape index (κ3) is 8.29. The van der Waals surface area contributed by atoms with E-state index in [4.69, 9.17) is 33.4 Å². The maximum Gasteiger partial charge on any atom is 0.697 e. The van der Waals surface area contributed by atoms with E-state index in [1.165, 1.54) is 0 Å². The van der Waals surface area contributed by atoms with Crippen LogP contribution in [0.4, 0.5) is 5.95 Å². The number of aromatic nitrogens is 4. The van der Waals surface area contributed by atoms with Crippen LogP contribution < -0.4 is 10.9 Å². The van der Waals surface area contributed by atoms with Crippen molar-refractivity contribution in [2.45, 2.75) is 44.8 Å². The van der Waals surface area contributed by atoms with Crippen LogP contribution in [0, 0.1) is 17.2 Å². The van der Waals surface area contributed by atoms with Crippen LogP contribution in [0.2, 0.25) is 0 Å². The van der Waals surface area contributed by atoms with Crippen LogP contribution in [-0.4, -0.2) is 82.6 Å². The van der Waals surface area contributed by atoms with Crippen LogP contribution in [0.3, 0.4) is 0 Å². The summed E-state index contributed by atoms with van der Waals surface area (Å²) < 4.78 is 57.3. The maximum atomic E-state index is 12.6. The molecule has 220 valence electrons. The Hall–Kier alpha value is -2.45. The predicted octanol–water partition coefficient (Wildman–Crippen LogP) is 0.282. The summed E-state index contributed by atoms with van der Waals surface area (Å²) in [6.07, 6.45) is -5.30. The lowest BCUT2D eigenvalue weighted by atomic mass is 10.1. The van der Waals surface area contributed by atoms with Crippen molar-refractivity contribution >= 4 is 46.5 Å². The van der Waals surface area contributed by atoms with Crippen LogP contribution in [0.25, 0.3) is 11.2 Å². The number of rotatable bonds is 13. The highest BCUT2D eigenvalue weighted by atomic mass is 31.2. The lowest BCUT2D eigenvalue weighted by Gasteiger charge is -2.18. The molecule has 0 radical (unpaired) electrons.